The average Bonchev–Trinajstić information content (AvgIpc) is 2.98. The molecule has 0 aliphatic carbocycles. The summed E-state index contributed by atoms with van der Waals surface area (Å²) in [5.74, 6) is -0.699. The molecule has 0 atom stereocenters. The van der Waals surface area contributed by atoms with Crippen molar-refractivity contribution in [3.8, 4) is 0 Å². The van der Waals surface area contributed by atoms with E-state index in [4.69, 9.17) is 4.74 Å². The van der Waals surface area contributed by atoms with Crippen LogP contribution in [-0.4, -0.2) is 35.8 Å². The van der Waals surface area contributed by atoms with Gasteiger partial charge in [0.25, 0.3) is 5.91 Å². The number of thiophene rings is 1. The lowest BCUT2D eigenvalue weighted by molar-refractivity contribution is -0.129. The highest BCUT2D eigenvalue weighted by molar-refractivity contribution is 7.17. The Labute approximate surface area is 168 Å². The monoisotopic (exact) mass is 400 g/mol. The Kier molecular flexibility index (Phi) is 5.84. The van der Waals surface area contributed by atoms with E-state index in [1.165, 1.54) is 18.3 Å². The van der Waals surface area contributed by atoms with Gasteiger partial charge in [0.2, 0.25) is 5.91 Å². The van der Waals surface area contributed by atoms with Crippen molar-refractivity contribution in [3.63, 3.8) is 0 Å². The van der Waals surface area contributed by atoms with Gasteiger partial charge in [0.05, 0.1) is 18.7 Å². The van der Waals surface area contributed by atoms with Gasteiger partial charge in [-0.2, -0.15) is 0 Å². The van der Waals surface area contributed by atoms with Crippen LogP contribution in [0.1, 0.15) is 56.1 Å². The largest absolute Gasteiger partial charge is 0.462 e. The molecule has 0 saturated heterocycles. The van der Waals surface area contributed by atoms with Crippen LogP contribution in [0.5, 0.6) is 0 Å². The van der Waals surface area contributed by atoms with Gasteiger partial charge in [-0.25, -0.2) is 4.79 Å². The van der Waals surface area contributed by atoms with E-state index in [1.807, 2.05) is 26.0 Å². The van der Waals surface area contributed by atoms with Gasteiger partial charge in [-0.15, -0.1) is 11.3 Å². The maximum Gasteiger partial charge on any atom is 0.341 e. The fourth-order valence-corrected chi connectivity index (χ4v) is 4.66. The molecule has 0 bridgehead atoms. The van der Waals surface area contributed by atoms with Crippen molar-refractivity contribution in [2.75, 3.05) is 18.5 Å². The Balaban J connectivity index is 1.96. The van der Waals surface area contributed by atoms with Gasteiger partial charge in [-0.1, -0.05) is 17.7 Å². The number of nitrogens with one attached hydrogen (secondary N) is 1. The van der Waals surface area contributed by atoms with Crippen LogP contribution in [0, 0.1) is 13.8 Å². The SMILES string of the molecule is CCOC(=O)c1c(NC(=O)c2ccc(C)cc2C)sc2c1CCN(C(C)=O)C2. The van der Waals surface area contributed by atoms with Crippen molar-refractivity contribution in [1.29, 1.82) is 0 Å². The van der Waals surface area contributed by atoms with Gasteiger partial charge < -0.3 is 15.0 Å². The van der Waals surface area contributed by atoms with Crippen molar-refractivity contribution in [3.05, 3.63) is 50.9 Å². The molecule has 28 heavy (non-hydrogen) atoms. The van der Waals surface area contributed by atoms with Gasteiger partial charge in [-0.3, -0.25) is 9.59 Å². The number of amides is 2. The molecule has 2 aromatic rings. The number of hydrogen-bond donors (Lipinski definition) is 1. The van der Waals surface area contributed by atoms with Crippen molar-refractivity contribution >= 4 is 34.1 Å². The van der Waals surface area contributed by atoms with Crippen LogP contribution in [0.2, 0.25) is 0 Å². The number of nitrogens with zero attached hydrogens (tertiary/aromatic N) is 1. The molecule has 1 aliphatic heterocycles. The lowest BCUT2D eigenvalue weighted by Crippen LogP contribution is -2.34. The highest BCUT2D eigenvalue weighted by Gasteiger charge is 2.30. The standard InChI is InChI=1S/C21H24N2O4S/c1-5-27-21(26)18-16-8-9-23(14(4)24)11-17(16)28-20(18)22-19(25)15-7-6-12(2)10-13(15)3/h6-7,10H,5,8-9,11H2,1-4H3,(H,22,25). The lowest BCUT2D eigenvalue weighted by atomic mass is 10.0. The third-order valence-corrected chi connectivity index (χ3v) is 5.97. The number of benzene rings is 1. The molecule has 3 rings (SSSR count). The minimum atomic E-state index is -0.438. The summed E-state index contributed by atoms with van der Waals surface area (Å²) in [6.07, 6.45) is 0.568. The normalized spacial score (nSPS) is 13.1. The summed E-state index contributed by atoms with van der Waals surface area (Å²) in [5.41, 5.74) is 3.81. The smallest absolute Gasteiger partial charge is 0.341 e. The van der Waals surface area contributed by atoms with Crippen LogP contribution >= 0.6 is 11.3 Å². The second-order valence-electron chi connectivity index (χ2n) is 6.89. The molecule has 0 spiro atoms. The van der Waals surface area contributed by atoms with E-state index in [1.54, 1.807) is 17.9 Å². The fraction of sp³-hybridized carbons (Fsp3) is 0.381. The Hall–Kier alpha value is -2.67. The predicted octanol–water partition coefficient (Wildman–Crippen LogP) is 3.70. The lowest BCUT2D eigenvalue weighted by Gasteiger charge is -2.25. The first kappa shape index (κ1) is 20.1. The molecule has 2 heterocycles. The summed E-state index contributed by atoms with van der Waals surface area (Å²) in [6.45, 7) is 8.40. The minimum Gasteiger partial charge on any atom is -0.462 e. The number of anilines is 1. The topological polar surface area (TPSA) is 75.7 Å². The van der Waals surface area contributed by atoms with E-state index in [2.05, 4.69) is 5.32 Å². The van der Waals surface area contributed by atoms with Crippen LogP contribution in [-0.2, 0) is 22.5 Å². The van der Waals surface area contributed by atoms with E-state index in [0.717, 1.165) is 21.6 Å². The molecule has 148 valence electrons. The van der Waals surface area contributed by atoms with E-state index in [-0.39, 0.29) is 18.4 Å². The van der Waals surface area contributed by atoms with Crippen LogP contribution in [0.15, 0.2) is 18.2 Å². The molecule has 1 aromatic heterocycles. The molecule has 1 N–H and O–H groups in total. The maximum atomic E-state index is 12.8. The van der Waals surface area contributed by atoms with Gasteiger partial charge in [-0.05, 0) is 44.4 Å². The zero-order valence-electron chi connectivity index (χ0n) is 16.5. The first-order chi connectivity index (χ1) is 13.3. The second kappa shape index (κ2) is 8.14. The Morgan fingerprint density at radius 2 is 2.00 bits per heavy atom. The molecular formula is C21H24N2O4S. The molecule has 0 radical (unpaired) electrons. The van der Waals surface area contributed by atoms with Gasteiger partial charge in [0, 0.05) is 23.9 Å². The third kappa shape index (κ3) is 3.94. The molecule has 0 fully saturated rings. The van der Waals surface area contributed by atoms with Crippen molar-refractivity contribution < 1.29 is 19.1 Å². The minimum absolute atomic E-state index is 0.00222. The van der Waals surface area contributed by atoms with Crippen molar-refractivity contribution in [2.45, 2.75) is 40.7 Å². The van der Waals surface area contributed by atoms with E-state index < -0.39 is 5.97 Å². The Morgan fingerprint density at radius 1 is 1.25 bits per heavy atom. The predicted molar refractivity (Wildman–Crippen MR) is 109 cm³/mol. The van der Waals surface area contributed by atoms with Crippen molar-refractivity contribution in [2.24, 2.45) is 0 Å². The number of carbonyl (C=O) groups is 3. The zero-order chi connectivity index (χ0) is 20.4. The van der Waals surface area contributed by atoms with Crippen LogP contribution in [0.3, 0.4) is 0 Å². The number of carbonyl (C=O) groups excluding carboxylic acids is 3. The maximum absolute atomic E-state index is 12.8. The Bertz CT molecular complexity index is 948. The quantitative estimate of drug-likeness (QED) is 0.794. The molecule has 6 nitrogen and oxygen atoms in total. The molecule has 0 saturated carbocycles. The average molecular weight is 401 g/mol. The van der Waals surface area contributed by atoms with Gasteiger partial charge in [0.1, 0.15) is 5.00 Å². The molecule has 1 aromatic carbocycles. The summed E-state index contributed by atoms with van der Waals surface area (Å²) < 4.78 is 5.23. The summed E-state index contributed by atoms with van der Waals surface area (Å²) in [5, 5.41) is 3.39. The highest BCUT2D eigenvalue weighted by Crippen LogP contribution is 2.38. The first-order valence-corrected chi connectivity index (χ1v) is 10.1. The Morgan fingerprint density at radius 3 is 2.64 bits per heavy atom. The van der Waals surface area contributed by atoms with Crippen LogP contribution in [0.4, 0.5) is 5.00 Å². The van der Waals surface area contributed by atoms with E-state index >= 15 is 0 Å². The van der Waals surface area contributed by atoms with Crippen LogP contribution in [0.25, 0.3) is 0 Å². The number of hydrogen-bond acceptors (Lipinski definition) is 5. The fourth-order valence-electron chi connectivity index (χ4n) is 3.42. The first-order valence-electron chi connectivity index (χ1n) is 9.27. The van der Waals surface area contributed by atoms with E-state index in [0.29, 0.717) is 35.6 Å². The second-order valence-corrected chi connectivity index (χ2v) is 8.00. The van der Waals surface area contributed by atoms with Crippen molar-refractivity contribution in [1.82, 2.24) is 4.90 Å². The summed E-state index contributed by atoms with van der Waals surface area (Å²) in [7, 11) is 0. The number of fused-ring (bicyclic) bond motifs is 1. The molecule has 7 heteroatoms. The van der Waals surface area contributed by atoms with E-state index in [9.17, 15) is 14.4 Å². The molecule has 0 unspecified atom stereocenters. The number of esters is 1. The highest BCUT2D eigenvalue weighted by atomic mass is 32.1. The molecular weight excluding hydrogens is 376 g/mol. The zero-order valence-corrected chi connectivity index (χ0v) is 17.4. The summed E-state index contributed by atoms with van der Waals surface area (Å²) in [6, 6.07) is 5.62. The van der Waals surface area contributed by atoms with Gasteiger partial charge in [0.15, 0.2) is 0 Å². The number of rotatable bonds is 4. The number of ether oxygens (including phenoxy) is 1. The molecule has 1 aliphatic rings. The third-order valence-electron chi connectivity index (χ3n) is 4.84. The summed E-state index contributed by atoms with van der Waals surface area (Å²) in [4.78, 5) is 39.8. The number of aryl methyl sites for hydroxylation is 2. The summed E-state index contributed by atoms with van der Waals surface area (Å²) >= 11 is 1.34. The molecule has 2 amide bonds. The van der Waals surface area contributed by atoms with Gasteiger partial charge >= 0.3 is 5.97 Å². The van der Waals surface area contributed by atoms with Crippen LogP contribution < -0.4 is 5.32 Å².